The highest BCUT2D eigenvalue weighted by Crippen LogP contribution is 2.34. The summed E-state index contributed by atoms with van der Waals surface area (Å²) in [7, 11) is 0. The van der Waals surface area contributed by atoms with Gasteiger partial charge in [0.2, 0.25) is 0 Å². The van der Waals surface area contributed by atoms with Gasteiger partial charge in [-0.1, -0.05) is 29.8 Å². The molecule has 0 saturated heterocycles. The van der Waals surface area contributed by atoms with Gasteiger partial charge in [-0.2, -0.15) is 0 Å². The summed E-state index contributed by atoms with van der Waals surface area (Å²) in [6.07, 6.45) is 0.352. The van der Waals surface area contributed by atoms with Crippen LogP contribution in [0.3, 0.4) is 0 Å². The summed E-state index contributed by atoms with van der Waals surface area (Å²) in [5.74, 6) is -0.161. The lowest BCUT2D eigenvalue weighted by atomic mass is 9.95. The third-order valence-corrected chi connectivity index (χ3v) is 5.26. The zero-order valence-corrected chi connectivity index (χ0v) is 16.2. The van der Waals surface area contributed by atoms with Gasteiger partial charge in [0.15, 0.2) is 0 Å². The number of nitrogens with two attached hydrogens (primary N) is 1. The molecule has 0 aromatic heterocycles. The van der Waals surface area contributed by atoms with Crippen LogP contribution in [0.2, 0.25) is 5.02 Å². The monoisotopic (exact) mass is 386 g/mol. The van der Waals surface area contributed by atoms with Crippen molar-refractivity contribution in [3.8, 4) is 0 Å². The lowest BCUT2D eigenvalue weighted by Gasteiger charge is -2.26. The van der Waals surface area contributed by atoms with Crippen molar-refractivity contribution >= 4 is 29.1 Å². The Balaban J connectivity index is 3.03. The van der Waals surface area contributed by atoms with Crippen LogP contribution in [0, 0.1) is 11.7 Å². The molecule has 0 saturated carbocycles. The van der Waals surface area contributed by atoms with Gasteiger partial charge in [0.1, 0.15) is 17.4 Å². The summed E-state index contributed by atoms with van der Waals surface area (Å²) in [5, 5.41) is 0.166. The zero-order chi connectivity index (χ0) is 19.0. The number of nitrogens with zero attached hydrogens (tertiary/aromatic N) is 1. The Bertz CT molecular complexity index is 634. The highest BCUT2D eigenvalue weighted by atomic mass is 35.5. The first kappa shape index (κ1) is 21.9. The molecule has 3 unspecified atom stereocenters. The van der Waals surface area contributed by atoms with Crippen LogP contribution in [0.5, 0.6) is 0 Å². The number of alkyl halides is 1. The van der Waals surface area contributed by atoms with Crippen LogP contribution in [0.1, 0.15) is 25.8 Å². The molecule has 0 aliphatic carbocycles. The molecule has 0 fully saturated rings. The average molecular weight is 387 g/mol. The second-order valence-electron chi connectivity index (χ2n) is 5.95. The molecule has 138 valence electrons. The third kappa shape index (κ3) is 7.30. The Morgan fingerprint density at radius 2 is 2.12 bits per heavy atom. The summed E-state index contributed by atoms with van der Waals surface area (Å²) in [4.78, 5) is 4.61. The maximum absolute atomic E-state index is 14.0. The minimum atomic E-state index is -1.15. The Morgan fingerprint density at radius 3 is 2.68 bits per heavy atom. The van der Waals surface area contributed by atoms with Crippen molar-refractivity contribution < 1.29 is 8.78 Å². The van der Waals surface area contributed by atoms with Crippen molar-refractivity contribution in [2.75, 3.05) is 6.54 Å². The van der Waals surface area contributed by atoms with E-state index in [2.05, 4.69) is 18.2 Å². The minimum Gasteiger partial charge on any atom is -0.326 e. The quantitative estimate of drug-likeness (QED) is 0.422. The summed E-state index contributed by atoms with van der Waals surface area (Å²) in [5.41, 5.74) is 7.71. The molecule has 1 aromatic rings. The minimum absolute atomic E-state index is 0.207. The molecule has 2 N–H and O–H groups in total. The standard InChI is InChI=1S/C19H25ClF2N2S/c1-5-16(21)9-17(12(2)3)19(24-13(4)10-23)25-11-14-8-15(20)6-7-18(14)22/h5-8,16-17,19H,1-2,9-11,23H2,3-4H3. The van der Waals surface area contributed by atoms with Gasteiger partial charge < -0.3 is 5.73 Å². The van der Waals surface area contributed by atoms with Gasteiger partial charge >= 0.3 is 0 Å². The van der Waals surface area contributed by atoms with E-state index in [1.165, 1.54) is 30.0 Å². The topological polar surface area (TPSA) is 38.4 Å². The summed E-state index contributed by atoms with van der Waals surface area (Å²) < 4.78 is 27.8. The van der Waals surface area contributed by atoms with Crippen molar-refractivity contribution in [1.29, 1.82) is 0 Å². The van der Waals surface area contributed by atoms with Crippen LogP contribution in [-0.2, 0) is 5.75 Å². The normalized spacial score (nSPS) is 15.5. The van der Waals surface area contributed by atoms with Crippen molar-refractivity contribution in [3.63, 3.8) is 0 Å². The van der Waals surface area contributed by atoms with Gasteiger partial charge in [-0.3, -0.25) is 4.99 Å². The molecule has 6 heteroatoms. The van der Waals surface area contributed by atoms with Crippen molar-refractivity contribution in [3.05, 3.63) is 59.4 Å². The Kier molecular flexibility index (Phi) is 9.39. The van der Waals surface area contributed by atoms with E-state index >= 15 is 0 Å². The van der Waals surface area contributed by atoms with E-state index < -0.39 is 6.17 Å². The summed E-state index contributed by atoms with van der Waals surface area (Å²) in [6.45, 7) is 11.4. The molecule has 0 spiro atoms. The predicted octanol–water partition coefficient (Wildman–Crippen LogP) is 5.56. The predicted molar refractivity (Wildman–Crippen MR) is 107 cm³/mol. The first-order valence-corrected chi connectivity index (χ1v) is 9.42. The number of allylic oxidation sites excluding steroid dienone is 1. The van der Waals surface area contributed by atoms with Crippen LogP contribution in [0.15, 0.2) is 48.0 Å². The molecule has 25 heavy (non-hydrogen) atoms. The lowest BCUT2D eigenvalue weighted by Crippen LogP contribution is -2.23. The van der Waals surface area contributed by atoms with Gasteiger partial charge in [-0.15, -0.1) is 18.3 Å². The number of thioether (sulfide) groups is 1. The van der Waals surface area contributed by atoms with E-state index in [9.17, 15) is 8.78 Å². The molecule has 0 aliphatic heterocycles. The number of rotatable bonds is 10. The van der Waals surface area contributed by atoms with E-state index in [0.29, 0.717) is 22.9 Å². The van der Waals surface area contributed by atoms with Crippen LogP contribution < -0.4 is 5.73 Å². The molecule has 1 rings (SSSR count). The summed E-state index contributed by atoms with van der Waals surface area (Å²) >= 11 is 7.37. The number of aliphatic imine (C=N–C) groups is 1. The van der Waals surface area contributed by atoms with Crippen LogP contribution >= 0.6 is 23.4 Å². The van der Waals surface area contributed by atoms with Crippen molar-refractivity contribution in [2.45, 2.75) is 37.6 Å². The first-order valence-electron chi connectivity index (χ1n) is 7.99. The molecular weight excluding hydrogens is 362 g/mol. The van der Waals surface area contributed by atoms with Crippen LogP contribution in [0.25, 0.3) is 0 Å². The van der Waals surface area contributed by atoms with Gasteiger partial charge in [0, 0.05) is 28.9 Å². The highest BCUT2D eigenvalue weighted by Gasteiger charge is 2.25. The van der Waals surface area contributed by atoms with E-state index in [0.717, 1.165) is 11.3 Å². The smallest absolute Gasteiger partial charge is 0.127 e. The maximum Gasteiger partial charge on any atom is 0.127 e. The molecule has 1 aromatic carbocycles. The van der Waals surface area contributed by atoms with E-state index in [-0.39, 0.29) is 23.5 Å². The molecule has 0 heterocycles. The van der Waals surface area contributed by atoms with Crippen molar-refractivity contribution in [2.24, 2.45) is 16.6 Å². The first-order chi connectivity index (χ1) is 11.8. The molecule has 2 nitrogen and oxygen atoms in total. The van der Waals surface area contributed by atoms with Gasteiger partial charge in [-0.25, -0.2) is 8.78 Å². The van der Waals surface area contributed by atoms with Gasteiger partial charge in [-0.05, 0) is 44.0 Å². The Morgan fingerprint density at radius 1 is 1.44 bits per heavy atom. The van der Waals surface area contributed by atoms with E-state index in [4.69, 9.17) is 17.3 Å². The second-order valence-corrected chi connectivity index (χ2v) is 7.49. The van der Waals surface area contributed by atoms with Crippen LogP contribution in [-0.4, -0.2) is 23.8 Å². The van der Waals surface area contributed by atoms with Crippen molar-refractivity contribution in [1.82, 2.24) is 0 Å². The maximum atomic E-state index is 14.0. The fourth-order valence-corrected chi connectivity index (χ4v) is 3.84. The van der Waals surface area contributed by atoms with Gasteiger partial charge in [0.05, 0.1) is 0 Å². The number of benzene rings is 1. The zero-order valence-electron chi connectivity index (χ0n) is 14.6. The third-order valence-electron chi connectivity index (χ3n) is 3.77. The summed E-state index contributed by atoms with van der Waals surface area (Å²) in [6, 6.07) is 4.44. The Labute approximate surface area is 158 Å². The largest absolute Gasteiger partial charge is 0.326 e. The van der Waals surface area contributed by atoms with E-state index in [1.54, 1.807) is 6.07 Å². The lowest BCUT2D eigenvalue weighted by molar-refractivity contribution is 0.334. The fourth-order valence-electron chi connectivity index (χ4n) is 2.24. The molecule has 0 aliphatic rings. The molecule has 0 bridgehead atoms. The SMILES string of the molecule is C=CC(F)CC(C(=C)C)C(N=C(C)CN)SCc1cc(Cl)ccc1F. The Hall–Kier alpha value is -1.17. The molecular formula is C19H25ClF2N2S. The number of halogens is 3. The van der Waals surface area contributed by atoms with Gasteiger partial charge in [0.25, 0.3) is 0 Å². The highest BCUT2D eigenvalue weighted by molar-refractivity contribution is 7.99. The second kappa shape index (κ2) is 10.7. The van der Waals surface area contributed by atoms with E-state index in [1.807, 2.05) is 13.8 Å². The molecule has 0 amide bonds. The number of hydrogen-bond donors (Lipinski definition) is 1. The molecule has 0 radical (unpaired) electrons. The molecule has 3 atom stereocenters. The number of hydrogen-bond acceptors (Lipinski definition) is 3. The average Bonchev–Trinajstić information content (AvgIpc) is 2.58. The van der Waals surface area contributed by atoms with Crippen LogP contribution in [0.4, 0.5) is 8.78 Å². The fraction of sp³-hybridized carbons (Fsp3) is 0.421.